The molecule has 11 heteroatoms. The van der Waals surface area contributed by atoms with Gasteiger partial charge in [-0.1, -0.05) is 0 Å². The lowest BCUT2D eigenvalue weighted by Gasteiger charge is -2.31. The van der Waals surface area contributed by atoms with Gasteiger partial charge in [-0.25, -0.2) is 4.79 Å². The van der Waals surface area contributed by atoms with Crippen LogP contribution >= 0.6 is 22.6 Å². The molecular weight excluding hydrogens is 437 g/mol. The molecule has 0 radical (unpaired) electrons. The van der Waals surface area contributed by atoms with E-state index in [0.717, 1.165) is 12.1 Å². The first-order chi connectivity index (χ1) is 9.84. The highest BCUT2D eigenvalue weighted by Crippen LogP contribution is 2.46. The fourth-order valence-corrected chi connectivity index (χ4v) is 1.49. The van der Waals surface area contributed by atoms with Crippen LogP contribution in [0.15, 0.2) is 24.3 Å². The van der Waals surface area contributed by atoms with Crippen LogP contribution < -0.4 is 9.84 Å². The highest BCUT2D eigenvalue weighted by molar-refractivity contribution is 14.1. The number of esters is 1. The molecule has 0 aliphatic heterocycles. The molecule has 0 bridgehead atoms. The molecule has 0 aromatic heterocycles. The van der Waals surface area contributed by atoms with Crippen LogP contribution in [0.3, 0.4) is 0 Å². The molecule has 0 aliphatic carbocycles. The number of alkyl halides is 6. The van der Waals surface area contributed by atoms with E-state index in [9.17, 15) is 41.0 Å². The van der Waals surface area contributed by atoms with Gasteiger partial charge in [-0.3, -0.25) is 0 Å². The maximum Gasteiger partial charge on any atom is 0.411 e. The van der Waals surface area contributed by atoms with E-state index in [-0.39, 0.29) is 0 Å². The van der Waals surface area contributed by atoms with E-state index in [2.05, 4.69) is 4.74 Å². The molecule has 1 rings (SSSR count). The Hall–Kier alpha value is -1.53. The standard InChI is InChI=1S/C11H5F6IO4/c12-9(13,7(19)20)11(16,17)10(14,15)8(21)22-6-3-1-5(18)2-4-6/h1-4H,(H,19,20)/p-1. The van der Waals surface area contributed by atoms with Crippen molar-refractivity contribution in [2.45, 2.75) is 17.8 Å². The van der Waals surface area contributed by atoms with Crippen LogP contribution in [0.5, 0.6) is 5.75 Å². The molecule has 1 aromatic carbocycles. The van der Waals surface area contributed by atoms with Gasteiger partial charge in [0.15, 0.2) is 0 Å². The van der Waals surface area contributed by atoms with Crippen molar-refractivity contribution in [2.75, 3.05) is 0 Å². The maximum absolute atomic E-state index is 13.2. The molecule has 0 fully saturated rings. The van der Waals surface area contributed by atoms with E-state index in [1.807, 2.05) is 0 Å². The molecule has 0 saturated heterocycles. The van der Waals surface area contributed by atoms with Crippen LogP contribution in [-0.2, 0) is 9.59 Å². The Morgan fingerprint density at radius 3 is 1.82 bits per heavy atom. The predicted molar refractivity (Wildman–Crippen MR) is 64.6 cm³/mol. The summed E-state index contributed by atoms with van der Waals surface area (Å²) in [5.41, 5.74) is 0. The van der Waals surface area contributed by atoms with Crippen LogP contribution in [0, 0.1) is 3.57 Å². The topological polar surface area (TPSA) is 66.4 Å². The largest absolute Gasteiger partial charge is 0.544 e. The Kier molecular flexibility index (Phi) is 4.99. The van der Waals surface area contributed by atoms with Gasteiger partial charge in [0.05, 0.1) is 0 Å². The number of hydrogen-bond acceptors (Lipinski definition) is 4. The molecule has 4 nitrogen and oxygen atoms in total. The van der Waals surface area contributed by atoms with Gasteiger partial charge in [-0.2, -0.15) is 26.3 Å². The number of benzene rings is 1. The molecule has 0 spiro atoms. The third-order valence-electron chi connectivity index (χ3n) is 2.33. The van der Waals surface area contributed by atoms with Crippen molar-refractivity contribution in [3.8, 4) is 5.75 Å². The lowest BCUT2D eigenvalue weighted by molar-refractivity contribution is -0.365. The minimum atomic E-state index is -6.54. The summed E-state index contributed by atoms with van der Waals surface area (Å²) in [6.07, 6.45) is 0. The van der Waals surface area contributed by atoms with Gasteiger partial charge in [0.25, 0.3) is 0 Å². The average molecular weight is 441 g/mol. The lowest BCUT2D eigenvalue weighted by Crippen LogP contribution is -2.64. The Morgan fingerprint density at radius 1 is 0.955 bits per heavy atom. The van der Waals surface area contributed by atoms with E-state index in [1.54, 1.807) is 22.6 Å². The Bertz CT molecular complexity index is 587. The number of aliphatic carboxylic acids is 1. The normalized spacial score (nSPS) is 12.9. The first-order valence-corrected chi connectivity index (χ1v) is 6.24. The third-order valence-corrected chi connectivity index (χ3v) is 3.04. The van der Waals surface area contributed by atoms with Gasteiger partial charge < -0.3 is 14.6 Å². The zero-order valence-corrected chi connectivity index (χ0v) is 12.2. The molecule has 0 saturated carbocycles. The summed E-state index contributed by atoms with van der Waals surface area (Å²) in [5, 5.41) is 9.91. The number of hydrogen-bond donors (Lipinski definition) is 0. The fraction of sp³-hybridized carbons (Fsp3) is 0.273. The maximum atomic E-state index is 13.2. The molecule has 0 unspecified atom stereocenters. The van der Waals surface area contributed by atoms with Gasteiger partial charge in [0.1, 0.15) is 11.7 Å². The number of carbonyl (C=O) groups excluding carboxylic acids is 2. The number of carbonyl (C=O) groups is 2. The summed E-state index contributed by atoms with van der Waals surface area (Å²) >= 11 is 1.80. The minimum Gasteiger partial charge on any atom is -0.544 e. The highest BCUT2D eigenvalue weighted by Gasteiger charge is 2.76. The predicted octanol–water partition coefficient (Wildman–Crippen LogP) is 1.85. The van der Waals surface area contributed by atoms with E-state index < -0.39 is 35.5 Å². The summed E-state index contributed by atoms with van der Waals surface area (Å²) in [6, 6.07) is 4.42. The summed E-state index contributed by atoms with van der Waals surface area (Å²) in [7, 11) is 0. The van der Waals surface area contributed by atoms with E-state index in [0.29, 0.717) is 3.57 Å². The Morgan fingerprint density at radius 2 is 1.41 bits per heavy atom. The van der Waals surface area contributed by atoms with Crippen molar-refractivity contribution in [3.05, 3.63) is 27.8 Å². The monoisotopic (exact) mass is 441 g/mol. The lowest BCUT2D eigenvalue weighted by atomic mass is 10.0. The van der Waals surface area contributed by atoms with Gasteiger partial charge in [0, 0.05) is 3.57 Å². The molecular formula is C11H4F6IO4-. The van der Waals surface area contributed by atoms with Crippen molar-refractivity contribution < 1.29 is 45.8 Å². The SMILES string of the molecule is O=C([O-])C(F)(F)C(F)(F)C(F)(F)C(=O)Oc1ccc(I)cc1. The van der Waals surface area contributed by atoms with Gasteiger partial charge in [-0.05, 0) is 46.9 Å². The van der Waals surface area contributed by atoms with Crippen LogP contribution in [0.4, 0.5) is 26.3 Å². The van der Waals surface area contributed by atoms with E-state index in [4.69, 9.17) is 0 Å². The van der Waals surface area contributed by atoms with Gasteiger partial charge in [-0.15, -0.1) is 0 Å². The zero-order valence-electron chi connectivity index (χ0n) is 10.1. The number of halogens is 7. The number of carboxylic acid groups (broad SMARTS) is 1. The second-order valence-corrected chi connectivity index (χ2v) is 5.10. The number of carboxylic acids is 1. The molecule has 0 N–H and O–H groups in total. The molecule has 0 amide bonds. The van der Waals surface area contributed by atoms with Gasteiger partial charge >= 0.3 is 23.7 Å². The molecule has 0 heterocycles. The summed E-state index contributed by atoms with van der Waals surface area (Å²) in [5.74, 6) is -26.3. The smallest absolute Gasteiger partial charge is 0.411 e. The Balaban J connectivity index is 3.08. The molecule has 0 atom stereocenters. The minimum absolute atomic E-state index is 0.581. The van der Waals surface area contributed by atoms with E-state index in [1.165, 1.54) is 12.1 Å². The fourth-order valence-electron chi connectivity index (χ4n) is 1.13. The van der Waals surface area contributed by atoms with Crippen LogP contribution in [-0.4, -0.2) is 29.7 Å². The Labute approximate surface area is 132 Å². The number of rotatable bonds is 5. The zero-order chi connectivity index (χ0) is 17.3. The quantitative estimate of drug-likeness (QED) is 0.303. The van der Waals surface area contributed by atoms with Crippen LogP contribution in [0.1, 0.15) is 0 Å². The number of ether oxygens (including phenoxy) is 1. The van der Waals surface area contributed by atoms with Gasteiger partial charge in [0.2, 0.25) is 0 Å². The first-order valence-electron chi connectivity index (χ1n) is 5.16. The van der Waals surface area contributed by atoms with Crippen molar-refractivity contribution in [3.63, 3.8) is 0 Å². The van der Waals surface area contributed by atoms with Crippen molar-refractivity contribution in [1.29, 1.82) is 0 Å². The molecule has 0 aliphatic rings. The van der Waals surface area contributed by atoms with E-state index >= 15 is 0 Å². The van der Waals surface area contributed by atoms with Crippen molar-refractivity contribution >= 4 is 34.5 Å². The summed E-state index contributed by atoms with van der Waals surface area (Å²) < 4.78 is 82.3. The second kappa shape index (κ2) is 5.93. The molecule has 22 heavy (non-hydrogen) atoms. The third kappa shape index (κ3) is 3.13. The van der Waals surface area contributed by atoms with Crippen LogP contribution in [0.25, 0.3) is 0 Å². The second-order valence-electron chi connectivity index (χ2n) is 3.85. The highest BCUT2D eigenvalue weighted by atomic mass is 127. The first kappa shape index (κ1) is 18.5. The molecule has 1 aromatic rings. The summed E-state index contributed by atoms with van der Waals surface area (Å²) in [6.45, 7) is 0. The van der Waals surface area contributed by atoms with Crippen molar-refractivity contribution in [2.24, 2.45) is 0 Å². The average Bonchev–Trinajstić information content (AvgIpc) is 2.40. The van der Waals surface area contributed by atoms with Crippen LogP contribution in [0.2, 0.25) is 0 Å². The summed E-state index contributed by atoms with van der Waals surface area (Å²) in [4.78, 5) is 20.9. The van der Waals surface area contributed by atoms with Crippen molar-refractivity contribution in [1.82, 2.24) is 0 Å². The molecule has 122 valence electrons.